The molecule has 1 fully saturated rings. The molecule has 0 bridgehead atoms. The smallest absolute Gasteiger partial charge is 0.137 e. The molecular weight excluding hydrogens is 214 g/mol. The number of methoxy groups -OCH3 is 1. The Morgan fingerprint density at radius 1 is 1.35 bits per heavy atom. The molecule has 2 N–H and O–H groups in total. The molecule has 0 atom stereocenters. The maximum atomic E-state index is 5.21. The average Bonchev–Trinajstić information content (AvgIpc) is 2.76. The Labute approximate surface area is 100 Å². The molecule has 1 aliphatic heterocycles. The molecule has 1 saturated heterocycles. The van der Waals surface area contributed by atoms with Crippen molar-refractivity contribution < 1.29 is 4.74 Å². The van der Waals surface area contributed by atoms with E-state index < -0.39 is 0 Å². The number of aromatic nitrogens is 2. The highest BCUT2D eigenvalue weighted by atomic mass is 16.5. The lowest BCUT2D eigenvalue weighted by Crippen LogP contribution is -2.40. The minimum atomic E-state index is 0.585. The minimum absolute atomic E-state index is 0.585. The Bertz CT molecular complexity index is 517. The molecule has 0 spiro atoms. The second kappa shape index (κ2) is 4.22. The zero-order valence-corrected chi connectivity index (χ0v) is 9.73. The molecule has 0 radical (unpaired) electrons. The van der Waals surface area contributed by atoms with Crippen LogP contribution in [0.25, 0.3) is 11.4 Å². The van der Waals surface area contributed by atoms with Crippen molar-refractivity contribution >= 4 is 0 Å². The molecule has 3 rings (SSSR count). The quantitative estimate of drug-likeness (QED) is 0.843. The molecule has 2 aromatic rings. The zero-order valence-electron chi connectivity index (χ0n) is 9.73. The van der Waals surface area contributed by atoms with E-state index >= 15 is 0 Å². The Balaban J connectivity index is 1.89. The summed E-state index contributed by atoms with van der Waals surface area (Å²) >= 11 is 0. The lowest BCUT2D eigenvalue weighted by atomic mass is 10.0. The number of hydrogen-bond acceptors (Lipinski definition) is 3. The van der Waals surface area contributed by atoms with Crippen LogP contribution in [0.5, 0.6) is 5.75 Å². The van der Waals surface area contributed by atoms with Crippen molar-refractivity contribution in [2.75, 3.05) is 20.2 Å². The number of hydrogen-bond donors (Lipinski definition) is 2. The van der Waals surface area contributed by atoms with Gasteiger partial charge in [0.25, 0.3) is 0 Å². The molecule has 0 amide bonds. The number of nitrogens with one attached hydrogen (secondary N) is 2. The van der Waals surface area contributed by atoms with Gasteiger partial charge in [0.15, 0.2) is 0 Å². The van der Waals surface area contributed by atoms with Gasteiger partial charge in [-0.2, -0.15) is 0 Å². The van der Waals surface area contributed by atoms with Crippen LogP contribution in [0.2, 0.25) is 0 Å². The summed E-state index contributed by atoms with van der Waals surface area (Å²) < 4.78 is 5.21. The minimum Gasteiger partial charge on any atom is -0.497 e. The van der Waals surface area contributed by atoms with Gasteiger partial charge in [-0.05, 0) is 12.1 Å². The van der Waals surface area contributed by atoms with Gasteiger partial charge in [-0.1, -0.05) is 12.1 Å². The van der Waals surface area contributed by atoms with E-state index in [-0.39, 0.29) is 0 Å². The number of imidazole rings is 1. The standard InChI is InChI=1S/C13H15N3O/c1-17-11-4-2-3-9(5-11)13-15-8-12(16-13)10-6-14-7-10/h2-5,8,10,14H,6-7H2,1H3,(H,15,16). The van der Waals surface area contributed by atoms with Crippen LogP contribution in [0.1, 0.15) is 11.6 Å². The summed E-state index contributed by atoms with van der Waals surface area (Å²) in [6.07, 6.45) is 1.93. The monoisotopic (exact) mass is 229 g/mol. The van der Waals surface area contributed by atoms with Gasteiger partial charge in [-0.25, -0.2) is 4.98 Å². The fourth-order valence-electron chi connectivity index (χ4n) is 1.97. The van der Waals surface area contributed by atoms with Crippen molar-refractivity contribution in [1.29, 1.82) is 0 Å². The second-order valence-electron chi connectivity index (χ2n) is 4.27. The molecular formula is C13H15N3O. The first kappa shape index (κ1) is 10.4. The zero-order chi connectivity index (χ0) is 11.7. The first-order chi connectivity index (χ1) is 8.36. The number of aromatic amines is 1. The van der Waals surface area contributed by atoms with E-state index in [9.17, 15) is 0 Å². The number of benzene rings is 1. The van der Waals surface area contributed by atoms with E-state index in [1.165, 1.54) is 5.69 Å². The highest BCUT2D eigenvalue weighted by Crippen LogP contribution is 2.24. The molecule has 1 aliphatic rings. The molecule has 4 nitrogen and oxygen atoms in total. The van der Waals surface area contributed by atoms with E-state index in [0.29, 0.717) is 5.92 Å². The van der Waals surface area contributed by atoms with Crippen LogP contribution in [0.3, 0.4) is 0 Å². The van der Waals surface area contributed by atoms with Gasteiger partial charge in [0.2, 0.25) is 0 Å². The molecule has 1 aromatic heterocycles. The summed E-state index contributed by atoms with van der Waals surface area (Å²) in [4.78, 5) is 7.80. The van der Waals surface area contributed by atoms with Gasteiger partial charge in [0, 0.05) is 36.5 Å². The lowest BCUT2D eigenvalue weighted by Gasteiger charge is -2.25. The summed E-state index contributed by atoms with van der Waals surface area (Å²) in [5.41, 5.74) is 2.27. The fraction of sp³-hybridized carbons (Fsp3) is 0.308. The third-order valence-corrected chi connectivity index (χ3v) is 3.16. The van der Waals surface area contributed by atoms with Crippen molar-refractivity contribution in [1.82, 2.24) is 15.3 Å². The van der Waals surface area contributed by atoms with Crippen LogP contribution in [0.4, 0.5) is 0 Å². The summed E-state index contributed by atoms with van der Waals surface area (Å²) in [6, 6.07) is 7.93. The molecule has 0 saturated carbocycles. The molecule has 88 valence electrons. The van der Waals surface area contributed by atoms with E-state index in [1.807, 2.05) is 30.5 Å². The molecule has 0 aliphatic carbocycles. The number of ether oxygens (including phenoxy) is 1. The second-order valence-corrected chi connectivity index (χ2v) is 4.27. The Hall–Kier alpha value is -1.81. The Kier molecular flexibility index (Phi) is 2.57. The highest BCUT2D eigenvalue weighted by molar-refractivity contribution is 5.57. The maximum absolute atomic E-state index is 5.21. The van der Waals surface area contributed by atoms with Crippen LogP contribution in [0.15, 0.2) is 30.5 Å². The highest BCUT2D eigenvalue weighted by Gasteiger charge is 2.20. The molecule has 17 heavy (non-hydrogen) atoms. The predicted molar refractivity (Wildman–Crippen MR) is 66.2 cm³/mol. The van der Waals surface area contributed by atoms with E-state index in [0.717, 1.165) is 30.2 Å². The van der Waals surface area contributed by atoms with Crippen LogP contribution in [-0.2, 0) is 0 Å². The van der Waals surface area contributed by atoms with Crippen molar-refractivity contribution in [3.63, 3.8) is 0 Å². The van der Waals surface area contributed by atoms with E-state index in [2.05, 4.69) is 15.3 Å². The van der Waals surface area contributed by atoms with Gasteiger partial charge < -0.3 is 15.0 Å². The molecule has 1 aromatic carbocycles. The Morgan fingerprint density at radius 2 is 2.24 bits per heavy atom. The van der Waals surface area contributed by atoms with Gasteiger partial charge in [-0.3, -0.25) is 0 Å². The van der Waals surface area contributed by atoms with E-state index in [1.54, 1.807) is 7.11 Å². The van der Waals surface area contributed by atoms with Crippen LogP contribution < -0.4 is 10.1 Å². The molecule has 2 heterocycles. The topological polar surface area (TPSA) is 49.9 Å². The van der Waals surface area contributed by atoms with Crippen molar-refractivity contribution in [2.24, 2.45) is 0 Å². The molecule has 0 unspecified atom stereocenters. The number of nitrogens with zero attached hydrogens (tertiary/aromatic N) is 1. The summed E-state index contributed by atoms with van der Waals surface area (Å²) in [5.74, 6) is 2.35. The third-order valence-electron chi connectivity index (χ3n) is 3.16. The third kappa shape index (κ3) is 1.91. The van der Waals surface area contributed by atoms with Gasteiger partial charge in [0.05, 0.1) is 7.11 Å². The number of rotatable bonds is 3. The maximum Gasteiger partial charge on any atom is 0.137 e. The summed E-state index contributed by atoms with van der Waals surface area (Å²) in [7, 11) is 1.67. The Morgan fingerprint density at radius 3 is 2.94 bits per heavy atom. The number of H-pyrrole nitrogens is 1. The lowest BCUT2D eigenvalue weighted by molar-refractivity contribution is 0.415. The van der Waals surface area contributed by atoms with Gasteiger partial charge >= 0.3 is 0 Å². The summed E-state index contributed by atoms with van der Waals surface area (Å²) in [6.45, 7) is 2.08. The van der Waals surface area contributed by atoms with Gasteiger partial charge in [-0.15, -0.1) is 0 Å². The van der Waals surface area contributed by atoms with Crippen LogP contribution in [-0.4, -0.2) is 30.2 Å². The normalized spacial score (nSPS) is 15.6. The summed E-state index contributed by atoms with van der Waals surface area (Å²) in [5, 5.41) is 3.26. The van der Waals surface area contributed by atoms with Crippen molar-refractivity contribution in [2.45, 2.75) is 5.92 Å². The first-order valence-corrected chi connectivity index (χ1v) is 5.77. The fourth-order valence-corrected chi connectivity index (χ4v) is 1.97. The molecule has 4 heteroatoms. The van der Waals surface area contributed by atoms with Crippen LogP contribution in [0, 0.1) is 0 Å². The van der Waals surface area contributed by atoms with Gasteiger partial charge in [0.1, 0.15) is 11.6 Å². The SMILES string of the molecule is COc1cccc(-c2ncc(C3CNC3)[nH]2)c1. The van der Waals surface area contributed by atoms with Crippen molar-refractivity contribution in [3.05, 3.63) is 36.2 Å². The predicted octanol–water partition coefficient (Wildman–Crippen LogP) is 1.77. The average molecular weight is 229 g/mol. The van der Waals surface area contributed by atoms with Crippen molar-refractivity contribution in [3.8, 4) is 17.1 Å². The van der Waals surface area contributed by atoms with Crippen LogP contribution >= 0.6 is 0 Å². The first-order valence-electron chi connectivity index (χ1n) is 5.77. The largest absolute Gasteiger partial charge is 0.497 e. The van der Waals surface area contributed by atoms with E-state index in [4.69, 9.17) is 4.74 Å².